The second kappa shape index (κ2) is 10.7. The van der Waals surface area contributed by atoms with Crippen LogP contribution in [0.25, 0.3) is 0 Å². The molecule has 1 aromatic heterocycles. The molecule has 32 heavy (non-hydrogen) atoms. The Bertz CT molecular complexity index is 1100. The van der Waals surface area contributed by atoms with Crippen LogP contribution in [0.4, 0.5) is 9.80 Å². The molecule has 0 spiro atoms. The van der Waals surface area contributed by atoms with Crippen LogP contribution >= 0.6 is 11.3 Å². The summed E-state index contributed by atoms with van der Waals surface area (Å²) >= 11 is 1.20. The number of alkyl carbamates (subject to hydrolysis) is 1. The quantitative estimate of drug-likeness (QED) is 0.595. The van der Waals surface area contributed by atoms with E-state index in [1.165, 1.54) is 39.9 Å². The molecule has 0 saturated carbocycles. The number of amides is 3. The van der Waals surface area contributed by atoms with Gasteiger partial charge in [0.15, 0.2) is 0 Å². The van der Waals surface area contributed by atoms with Gasteiger partial charge in [-0.05, 0) is 50.6 Å². The first kappa shape index (κ1) is 25.5. The van der Waals surface area contributed by atoms with Gasteiger partial charge in [-0.2, -0.15) is 4.31 Å². The van der Waals surface area contributed by atoms with Crippen LogP contribution in [0, 0.1) is 13.8 Å². The molecule has 1 aromatic carbocycles. The first-order valence-corrected chi connectivity index (χ1v) is 12.3. The lowest BCUT2D eigenvalue weighted by atomic mass is 10.1. The summed E-state index contributed by atoms with van der Waals surface area (Å²) in [6, 6.07) is 5.58. The number of sulfonamides is 1. The van der Waals surface area contributed by atoms with E-state index in [1.807, 2.05) is 0 Å². The fourth-order valence-electron chi connectivity index (χ4n) is 2.98. The highest BCUT2D eigenvalue weighted by Gasteiger charge is 2.24. The molecule has 0 aliphatic carbocycles. The smallest absolute Gasteiger partial charge is 0.414 e. The summed E-state index contributed by atoms with van der Waals surface area (Å²) in [5.41, 5.74) is 1.03. The van der Waals surface area contributed by atoms with E-state index in [1.54, 1.807) is 34.6 Å². The molecular formula is C21H27N3O6S2. The van der Waals surface area contributed by atoms with Crippen LogP contribution in [0.1, 0.15) is 51.9 Å². The minimum Gasteiger partial charge on any atom is -0.450 e. The summed E-state index contributed by atoms with van der Waals surface area (Å²) in [5, 5.41) is 5.10. The molecule has 0 aliphatic rings. The number of benzene rings is 1. The van der Waals surface area contributed by atoms with Crippen LogP contribution in [0.2, 0.25) is 0 Å². The van der Waals surface area contributed by atoms with Crippen molar-refractivity contribution >= 4 is 44.3 Å². The van der Waals surface area contributed by atoms with Crippen LogP contribution in [0.15, 0.2) is 29.2 Å². The fraction of sp³-hybridized carbons (Fsp3) is 0.381. The number of thiophene rings is 1. The van der Waals surface area contributed by atoms with Crippen LogP contribution in [-0.2, 0) is 14.8 Å². The molecule has 1 heterocycles. The number of carbonyl (C=O) groups is 3. The van der Waals surface area contributed by atoms with Crippen molar-refractivity contribution in [3.63, 3.8) is 0 Å². The summed E-state index contributed by atoms with van der Waals surface area (Å²) in [6.45, 7) is 9.44. The molecule has 11 heteroatoms. The number of hydrogen-bond acceptors (Lipinski definition) is 7. The first-order valence-electron chi connectivity index (χ1n) is 10.1. The molecule has 0 unspecified atom stereocenters. The molecule has 174 valence electrons. The largest absolute Gasteiger partial charge is 0.450 e. The van der Waals surface area contributed by atoms with Gasteiger partial charge >= 0.3 is 6.09 Å². The van der Waals surface area contributed by atoms with E-state index in [0.29, 0.717) is 18.7 Å². The van der Waals surface area contributed by atoms with Gasteiger partial charge in [-0.3, -0.25) is 14.9 Å². The predicted octanol–water partition coefficient (Wildman–Crippen LogP) is 3.53. The zero-order chi connectivity index (χ0) is 24.1. The number of anilines is 1. The second-order valence-electron chi connectivity index (χ2n) is 6.73. The van der Waals surface area contributed by atoms with Gasteiger partial charge in [0.2, 0.25) is 10.0 Å². The van der Waals surface area contributed by atoms with E-state index in [9.17, 15) is 22.8 Å². The molecule has 2 N–H and O–H groups in total. The van der Waals surface area contributed by atoms with E-state index < -0.39 is 27.9 Å². The Labute approximate surface area is 191 Å². The van der Waals surface area contributed by atoms with E-state index in [-0.39, 0.29) is 27.6 Å². The standard InChI is InChI=1S/C21H27N3O6S2/c1-6-24(7-2)32(28,29)16-11-9-15(10-12-16)18(25)22-20-17(13(4)14(5)31-20)19(26)23-21(27)30-8-3/h9-12H,6-8H2,1-5H3,(H,22,25)(H,23,26,27). The molecule has 0 bridgehead atoms. The first-order chi connectivity index (χ1) is 15.1. The zero-order valence-electron chi connectivity index (χ0n) is 18.6. The Balaban J connectivity index is 2.26. The number of nitrogens with one attached hydrogen (secondary N) is 2. The Morgan fingerprint density at radius 2 is 1.59 bits per heavy atom. The second-order valence-corrected chi connectivity index (χ2v) is 9.89. The maximum absolute atomic E-state index is 12.8. The lowest BCUT2D eigenvalue weighted by Crippen LogP contribution is -2.32. The monoisotopic (exact) mass is 481 g/mol. The number of imide groups is 1. The van der Waals surface area contributed by atoms with Gasteiger partial charge in [0.1, 0.15) is 5.00 Å². The topological polar surface area (TPSA) is 122 Å². The van der Waals surface area contributed by atoms with Gasteiger partial charge < -0.3 is 10.1 Å². The molecule has 2 rings (SSSR count). The van der Waals surface area contributed by atoms with Crippen molar-refractivity contribution in [2.45, 2.75) is 39.5 Å². The summed E-state index contributed by atoms with van der Waals surface area (Å²) < 4.78 is 31.3. The molecule has 0 saturated heterocycles. The highest BCUT2D eigenvalue weighted by Crippen LogP contribution is 2.33. The van der Waals surface area contributed by atoms with Gasteiger partial charge in [-0.25, -0.2) is 13.2 Å². The van der Waals surface area contributed by atoms with Crippen LogP contribution in [0.3, 0.4) is 0 Å². The van der Waals surface area contributed by atoms with Gasteiger partial charge in [-0.15, -0.1) is 11.3 Å². The van der Waals surface area contributed by atoms with Crippen molar-refractivity contribution in [3.05, 3.63) is 45.8 Å². The normalized spacial score (nSPS) is 11.3. The number of ether oxygens (including phenoxy) is 1. The summed E-state index contributed by atoms with van der Waals surface area (Å²) in [7, 11) is -3.63. The number of hydrogen-bond donors (Lipinski definition) is 2. The zero-order valence-corrected chi connectivity index (χ0v) is 20.3. The van der Waals surface area contributed by atoms with Crippen molar-refractivity contribution < 1.29 is 27.5 Å². The number of rotatable bonds is 8. The molecule has 2 aromatic rings. The molecule has 0 radical (unpaired) electrons. The average molecular weight is 482 g/mol. The van der Waals surface area contributed by atoms with Gasteiger partial charge in [0, 0.05) is 23.5 Å². The number of carbonyl (C=O) groups excluding carboxylic acids is 3. The predicted molar refractivity (Wildman–Crippen MR) is 123 cm³/mol. The minimum absolute atomic E-state index is 0.0927. The Hall–Kier alpha value is -2.76. The van der Waals surface area contributed by atoms with Gasteiger partial charge in [0.05, 0.1) is 17.1 Å². The maximum atomic E-state index is 12.8. The molecule has 3 amide bonds. The Kier molecular flexibility index (Phi) is 8.53. The maximum Gasteiger partial charge on any atom is 0.414 e. The summed E-state index contributed by atoms with van der Waals surface area (Å²) in [5.74, 6) is -1.19. The Morgan fingerprint density at radius 1 is 1.00 bits per heavy atom. The highest BCUT2D eigenvalue weighted by molar-refractivity contribution is 7.89. The minimum atomic E-state index is -3.63. The third-order valence-electron chi connectivity index (χ3n) is 4.79. The van der Waals surface area contributed by atoms with E-state index in [4.69, 9.17) is 4.74 Å². The van der Waals surface area contributed by atoms with Crippen LogP contribution < -0.4 is 10.6 Å². The van der Waals surface area contributed by atoms with Crippen LogP contribution in [-0.4, -0.2) is 50.3 Å². The lowest BCUT2D eigenvalue weighted by molar-refractivity contribution is 0.0925. The lowest BCUT2D eigenvalue weighted by Gasteiger charge is -2.18. The van der Waals surface area contributed by atoms with Crippen molar-refractivity contribution in [1.82, 2.24) is 9.62 Å². The SMILES string of the molecule is CCOC(=O)NC(=O)c1c(NC(=O)c2ccc(S(=O)(=O)N(CC)CC)cc2)sc(C)c1C. The fourth-order valence-corrected chi connectivity index (χ4v) is 5.49. The van der Waals surface area contributed by atoms with Gasteiger partial charge in [-0.1, -0.05) is 13.8 Å². The summed E-state index contributed by atoms with van der Waals surface area (Å²) in [4.78, 5) is 37.8. The molecule has 9 nitrogen and oxygen atoms in total. The molecular weight excluding hydrogens is 454 g/mol. The van der Waals surface area contributed by atoms with Crippen LogP contribution in [0.5, 0.6) is 0 Å². The van der Waals surface area contributed by atoms with E-state index >= 15 is 0 Å². The van der Waals surface area contributed by atoms with Crippen molar-refractivity contribution in [1.29, 1.82) is 0 Å². The van der Waals surface area contributed by atoms with Crippen molar-refractivity contribution in [2.75, 3.05) is 25.0 Å². The van der Waals surface area contributed by atoms with Crippen molar-refractivity contribution in [3.8, 4) is 0 Å². The third kappa shape index (κ3) is 5.53. The molecule has 0 atom stereocenters. The number of aryl methyl sites for hydroxylation is 1. The summed E-state index contributed by atoms with van der Waals surface area (Å²) in [6.07, 6.45) is -0.872. The molecule has 0 fully saturated rings. The number of nitrogens with zero attached hydrogens (tertiary/aromatic N) is 1. The third-order valence-corrected chi connectivity index (χ3v) is 7.98. The van der Waals surface area contributed by atoms with E-state index in [0.717, 1.165) is 4.88 Å². The highest BCUT2D eigenvalue weighted by atomic mass is 32.2. The molecule has 0 aliphatic heterocycles. The van der Waals surface area contributed by atoms with Crippen molar-refractivity contribution in [2.24, 2.45) is 0 Å². The Morgan fingerprint density at radius 3 is 2.12 bits per heavy atom. The van der Waals surface area contributed by atoms with E-state index in [2.05, 4.69) is 10.6 Å². The average Bonchev–Trinajstić information content (AvgIpc) is 3.02. The van der Waals surface area contributed by atoms with Gasteiger partial charge in [0.25, 0.3) is 11.8 Å².